The van der Waals surface area contributed by atoms with Gasteiger partial charge in [0.2, 0.25) is 0 Å². The second-order valence-corrected chi connectivity index (χ2v) is 10.4. The van der Waals surface area contributed by atoms with Gasteiger partial charge < -0.3 is 9.88 Å². The van der Waals surface area contributed by atoms with E-state index in [-0.39, 0.29) is 0 Å². The molecular formula is C29H41N3S. The Balaban J connectivity index is 2.18. The number of hydrogen-bond donors (Lipinski definition) is 1. The van der Waals surface area contributed by atoms with Crippen molar-refractivity contribution in [2.24, 2.45) is 5.92 Å². The molecule has 0 aromatic carbocycles. The van der Waals surface area contributed by atoms with Gasteiger partial charge in [0.05, 0.1) is 22.4 Å². The van der Waals surface area contributed by atoms with Crippen LogP contribution < -0.4 is 5.32 Å². The summed E-state index contributed by atoms with van der Waals surface area (Å²) in [5.41, 5.74) is 9.88. The van der Waals surface area contributed by atoms with Crippen molar-refractivity contribution in [3.05, 3.63) is 57.4 Å². The van der Waals surface area contributed by atoms with E-state index in [1.165, 1.54) is 38.5 Å². The largest absolute Gasteiger partial charge is 0.379 e. The Labute approximate surface area is 204 Å². The third-order valence-corrected chi connectivity index (χ3v) is 7.34. The first-order valence-corrected chi connectivity index (χ1v) is 13.4. The summed E-state index contributed by atoms with van der Waals surface area (Å²) in [5.74, 6) is 0.568. The number of nitrogens with zero attached hydrogens (tertiary/aromatic N) is 2. The molecule has 0 radical (unpaired) electrons. The molecule has 0 saturated carbocycles. The van der Waals surface area contributed by atoms with Crippen LogP contribution in [0.1, 0.15) is 76.6 Å². The molecule has 0 spiro atoms. The maximum Gasteiger partial charge on any atom is 0.0942 e. The van der Waals surface area contributed by atoms with Crippen molar-refractivity contribution < 1.29 is 0 Å². The Kier molecular flexibility index (Phi) is 8.58. The lowest BCUT2D eigenvalue weighted by Gasteiger charge is -2.18. The number of anilines is 1. The Bertz CT molecular complexity index is 1140. The van der Waals surface area contributed by atoms with Gasteiger partial charge in [-0.05, 0) is 75.1 Å². The van der Waals surface area contributed by atoms with Crippen molar-refractivity contribution in [1.82, 2.24) is 9.55 Å². The SMILES string of the molecule is CC/C=C\C(=C/C(C)CC)CNc1cc(-c2ccsc2C)nc2c(C)c(CC)n(C(C)C)c12. The minimum absolute atomic E-state index is 0.377. The van der Waals surface area contributed by atoms with Crippen LogP contribution in [0, 0.1) is 19.8 Å². The van der Waals surface area contributed by atoms with E-state index in [9.17, 15) is 0 Å². The fraction of sp³-hybridized carbons (Fsp3) is 0.483. The van der Waals surface area contributed by atoms with Crippen molar-refractivity contribution in [2.45, 2.75) is 80.7 Å². The van der Waals surface area contributed by atoms with Crippen LogP contribution in [0.2, 0.25) is 0 Å². The number of nitrogens with one attached hydrogen (secondary N) is 1. The molecule has 1 atom stereocenters. The molecule has 33 heavy (non-hydrogen) atoms. The van der Waals surface area contributed by atoms with Gasteiger partial charge in [-0.25, -0.2) is 4.98 Å². The van der Waals surface area contributed by atoms with E-state index >= 15 is 0 Å². The number of aromatic nitrogens is 2. The summed E-state index contributed by atoms with van der Waals surface area (Å²) in [6.45, 7) is 18.8. The molecule has 3 heterocycles. The fourth-order valence-corrected chi connectivity index (χ4v) is 5.26. The minimum atomic E-state index is 0.377. The summed E-state index contributed by atoms with van der Waals surface area (Å²) in [5, 5.41) is 5.99. The molecule has 3 rings (SSSR count). The summed E-state index contributed by atoms with van der Waals surface area (Å²) < 4.78 is 2.49. The smallest absolute Gasteiger partial charge is 0.0942 e. The highest BCUT2D eigenvalue weighted by Crippen LogP contribution is 2.37. The van der Waals surface area contributed by atoms with E-state index in [0.29, 0.717) is 12.0 Å². The summed E-state index contributed by atoms with van der Waals surface area (Å²) >= 11 is 1.79. The zero-order valence-corrected chi connectivity index (χ0v) is 22.6. The number of pyridine rings is 1. The van der Waals surface area contributed by atoms with E-state index in [0.717, 1.165) is 37.0 Å². The molecular weight excluding hydrogens is 422 g/mol. The molecule has 3 nitrogen and oxygen atoms in total. The van der Waals surface area contributed by atoms with Gasteiger partial charge in [0.1, 0.15) is 0 Å². The van der Waals surface area contributed by atoms with E-state index < -0.39 is 0 Å². The lowest BCUT2D eigenvalue weighted by atomic mass is 10.0. The Morgan fingerprint density at radius 2 is 1.94 bits per heavy atom. The van der Waals surface area contributed by atoms with Crippen LogP contribution in [-0.2, 0) is 6.42 Å². The third-order valence-electron chi connectivity index (χ3n) is 6.49. The van der Waals surface area contributed by atoms with Crippen LogP contribution in [0.5, 0.6) is 0 Å². The first-order chi connectivity index (χ1) is 15.8. The van der Waals surface area contributed by atoms with E-state index in [4.69, 9.17) is 4.98 Å². The highest BCUT2D eigenvalue weighted by atomic mass is 32.1. The van der Waals surface area contributed by atoms with Gasteiger partial charge in [-0.1, -0.05) is 52.3 Å². The minimum Gasteiger partial charge on any atom is -0.379 e. The molecule has 178 valence electrons. The number of fused-ring (bicyclic) bond motifs is 1. The van der Waals surface area contributed by atoms with Crippen LogP contribution in [0.15, 0.2) is 41.3 Å². The number of aryl methyl sites for hydroxylation is 2. The molecule has 0 aliphatic carbocycles. The third kappa shape index (κ3) is 5.43. The Morgan fingerprint density at radius 1 is 1.18 bits per heavy atom. The van der Waals surface area contributed by atoms with E-state index in [1.807, 2.05) is 0 Å². The topological polar surface area (TPSA) is 29.9 Å². The molecule has 3 aromatic rings. The monoisotopic (exact) mass is 463 g/mol. The van der Waals surface area contributed by atoms with Crippen LogP contribution in [0.4, 0.5) is 5.69 Å². The van der Waals surface area contributed by atoms with Crippen LogP contribution in [-0.4, -0.2) is 16.1 Å². The van der Waals surface area contributed by atoms with Gasteiger partial charge in [0.25, 0.3) is 0 Å². The molecule has 4 heteroatoms. The first kappa shape index (κ1) is 25.3. The molecule has 1 N–H and O–H groups in total. The second-order valence-electron chi connectivity index (χ2n) is 9.32. The summed E-state index contributed by atoms with van der Waals surface area (Å²) in [6, 6.07) is 4.84. The van der Waals surface area contributed by atoms with Crippen LogP contribution in [0.3, 0.4) is 0 Å². The maximum absolute atomic E-state index is 5.21. The molecule has 3 aromatic heterocycles. The van der Waals surface area contributed by atoms with Crippen LogP contribution >= 0.6 is 11.3 Å². The first-order valence-electron chi connectivity index (χ1n) is 12.5. The van der Waals surface area contributed by atoms with Gasteiger partial charge >= 0.3 is 0 Å². The lowest BCUT2D eigenvalue weighted by molar-refractivity contribution is 0.596. The molecule has 1 unspecified atom stereocenters. The predicted octanol–water partition coefficient (Wildman–Crippen LogP) is 8.88. The lowest BCUT2D eigenvalue weighted by Crippen LogP contribution is -2.10. The van der Waals surface area contributed by atoms with E-state index in [2.05, 4.69) is 101 Å². The van der Waals surface area contributed by atoms with E-state index in [1.54, 1.807) is 11.3 Å². The summed E-state index contributed by atoms with van der Waals surface area (Å²) in [6.07, 6.45) is 10.2. The average molecular weight is 464 g/mol. The number of thiophene rings is 1. The molecule has 0 saturated heterocycles. The van der Waals surface area contributed by atoms with Gasteiger partial charge in [0.15, 0.2) is 0 Å². The molecule has 0 aliphatic rings. The van der Waals surface area contributed by atoms with Gasteiger partial charge in [-0.3, -0.25) is 0 Å². The number of hydrogen-bond acceptors (Lipinski definition) is 3. The summed E-state index contributed by atoms with van der Waals surface area (Å²) in [4.78, 5) is 6.52. The van der Waals surface area contributed by atoms with Crippen molar-refractivity contribution in [1.29, 1.82) is 0 Å². The second kappa shape index (κ2) is 11.2. The van der Waals surface area contributed by atoms with Crippen LogP contribution in [0.25, 0.3) is 22.3 Å². The van der Waals surface area contributed by atoms with Gasteiger partial charge in [0, 0.05) is 28.7 Å². The van der Waals surface area contributed by atoms with Crippen molar-refractivity contribution in [3.8, 4) is 11.3 Å². The number of allylic oxidation sites excluding steroid dienone is 2. The molecule has 0 amide bonds. The van der Waals surface area contributed by atoms with Crippen molar-refractivity contribution in [3.63, 3.8) is 0 Å². The van der Waals surface area contributed by atoms with Crippen molar-refractivity contribution in [2.75, 3.05) is 11.9 Å². The van der Waals surface area contributed by atoms with Gasteiger partial charge in [-0.15, -0.1) is 11.3 Å². The normalized spacial score (nSPS) is 13.5. The number of rotatable bonds is 10. The Morgan fingerprint density at radius 3 is 2.52 bits per heavy atom. The quantitative estimate of drug-likeness (QED) is 0.304. The molecule has 0 bridgehead atoms. The molecule has 0 fully saturated rings. The standard InChI is InChI=1S/C29H41N3S/c1-9-12-13-23(16-20(6)10-2)18-30-26-17-25(24-14-15-33-22(24)8)31-28-21(7)27(11-3)32(19(4)5)29(26)28/h12-17,19-20H,9-11,18H2,1-8H3,(H,30,31)/b13-12-,23-16+. The zero-order chi connectivity index (χ0) is 24.1. The van der Waals surface area contributed by atoms with Gasteiger partial charge in [-0.2, -0.15) is 0 Å². The van der Waals surface area contributed by atoms with Crippen molar-refractivity contribution >= 4 is 28.1 Å². The Hall–Kier alpha value is -2.33. The molecule has 0 aliphatic heterocycles. The zero-order valence-electron chi connectivity index (χ0n) is 21.7. The highest BCUT2D eigenvalue weighted by Gasteiger charge is 2.21. The predicted molar refractivity (Wildman–Crippen MR) is 148 cm³/mol. The fourth-order valence-electron chi connectivity index (χ4n) is 4.55. The maximum atomic E-state index is 5.21. The highest BCUT2D eigenvalue weighted by molar-refractivity contribution is 7.10. The summed E-state index contributed by atoms with van der Waals surface area (Å²) in [7, 11) is 0. The average Bonchev–Trinajstić information content (AvgIpc) is 3.35.